The zero-order valence-corrected chi connectivity index (χ0v) is 11.5. The Morgan fingerprint density at radius 2 is 1.75 bits per heavy atom. The first kappa shape index (κ1) is 11.6. The Bertz CT molecular complexity index is 386. The molecule has 0 aliphatic carbocycles. The van der Waals surface area contributed by atoms with Crippen LogP contribution in [0.1, 0.15) is 17.2 Å². The quantitative estimate of drug-likeness (QED) is 0.569. The van der Waals surface area contributed by atoms with Crippen LogP contribution in [0, 0.1) is 6.92 Å². The molecule has 0 unspecified atom stereocenters. The van der Waals surface area contributed by atoms with E-state index >= 15 is 0 Å². The molecule has 2 rings (SSSR count). The van der Waals surface area contributed by atoms with Crippen molar-refractivity contribution in [3.63, 3.8) is 0 Å². The molecule has 1 aromatic carbocycles. The lowest BCUT2D eigenvalue weighted by atomic mass is 10.1. The zero-order chi connectivity index (χ0) is 11.8. The van der Waals surface area contributed by atoms with Gasteiger partial charge in [-0.15, -0.1) is 0 Å². The predicted octanol–water partition coefficient (Wildman–Crippen LogP) is 3.87. The van der Waals surface area contributed by atoms with Crippen LogP contribution in [0.2, 0.25) is 19.6 Å². The van der Waals surface area contributed by atoms with E-state index in [9.17, 15) is 0 Å². The summed E-state index contributed by atoms with van der Waals surface area (Å²) in [4.78, 5) is 0. The molecule has 0 amide bonds. The van der Waals surface area contributed by atoms with E-state index in [-0.39, 0.29) is 0 Å². The van der Waals surface area contributed by atoms with Gasteiger partial charge in [-0.3, -0.25) is 0 Å². The van der Waals surface area contributed by atoms with Gasteiger partial charge in [-0.25, -0.2) is 0 Å². The second-order valence-electron chi connectivity index (χ2n) is 5.66. The molecule has 1 heterocycles. The van der Waals surface area contributed by atoms with Gasteiger partial charge in [-0.1, -0.05) is 61.2 Å². The van der Waals surface area contributed by atoms with E-state index < -0.39 is 8.07 Å². The van der Waals surface area contributed by atoms with Crippen LogP contribution in [0.25, 0.3) is 0 Å². The highest BCUT2D eigenvalue weighted by atomic mass is 28.3. The van der Waals surface area contributed by atoms with Gasteiger partial charge in [0.2, 0.25) is 0 Å². The highest BCUT2D eigenvalue weighted by Crippen LogP contribution is 2.39. The molecule has 0 bridgehead atoms. The fourth-order valence-electron chi connectivity index (χ4n) is 1.68. The van der Waals surface area contributed by atoms with Crippen LogP contribution in [-0.2, 0) is 4.74 Å². The number of hydrogen-bond donors (Lipinski definition) is 0. The van der Waals surface area contributed by atoms with Gasteiger partial charge in [0, 0.05) is 0 Å². The normalized spacial score (nSPS) is 25.0. The van der Waals surface area contributed by atoms with Crippen molar-refractivity contribution >= 4 is 8.07 Å². The summed E-state index contributed by atoms with van der Waals surface area (Å²) in [5, 5.41) is 0. The monoisotopic (exact) mass is 232 g/mol. The van der Waals surface area contributed by atoms with Crippen molar-refractivity contribution in [1.82, 2.24) is 0 Å². The number of aryl methyl sites for hydroxylation is 1. The van der Waals surface area contributed by atoms with Crippen LogP contribution in [0.15, 0.2) is 36.0 Å². The number of hydrogen-bond acceptors (Lipinski definition) is 1. The fraction of sp³-hybridized carbons (Fsp3) is 0.429. The third-order valence-electron chi connectivity index (χ3n) is 2.72. The largest absolute Gasteiger partial charge is 0.360 e. The highest BCUT2D eigenvalue weighted by molar-refractivity contribution is 6.80. The maximum Gasteiger partial charge on any atom is 0.113 e. The van der Waals surface area contributed by atoms with Gasteiger partial charge in [0.05, 0.1) is 8.07 Å². The summed E-state index contributed by atoms with van der Waals surface area (Å²) in [6, 6.07) is 8.64. The predicted molar refractivity (Wildman–Crippen MR) is 71.3 cm³/mol. The molecular weight excluding hydrogens is 212 g/mol. The molecule has 2 atom stereocenters. The van der Waals surface area contributed by atoms with E-state index in [4.69, 9.17) is 4.74 Å². The van der Waals surface area contributed by atoms with E-state index in [0.29, 0.717) is 12.2 Å². The van der Waals surface area contributed by atoms with Crippen LogP contribution in [-0.4, -0.2) is 14.2 Å². The molecule has 1 aromatic rings. The molecule has 2 heteroatoms. The molecular formula is C14H20OSi. The summed E-state index contributed by atoms with van der Waals surface area (Å²) in [5.74, 6) is 0. The maximum absolute atomic E-state index is 5.67. The molecule has 0 saturated carbocycles. The van der Waals surface area contributed by atoms with Crippen molar-refractivity contribution in [2.24, 2.45) is 0 Å². The molecule has 1 nitrogen and oxygen atoms in total. The molecule has 86 valence electrons. The summed E-state index contributed by atoms with van der Waals surface area (Å²) >= 11 is 0. The Morgan fingerprint density at radius 1 is 1.12 bits per heavy atom. The minimum atomic E-state index is -1.08. The number of ether oxygens (including phenoxy) is 1. The third kappa shape index (κ3) is 3.06. The fourth-order valence-corrected chi connectivity index (χ4v) is 2.45. The average Bonchev–Trinajstić information content (AvgIpc) is 2.94. The van der Waals surface area contributed by atoms with Gasteiger partial charge in [0.15, 0.2) is 0 Å². The first-order valence-corrected chi connectivity index (χ1v) is 9.45. The lowest BCUT2D eigenvalue weighted by Crippen LogP contribution is -2.15. The topological polar surface area (TPSA) is 12.5 Å². The summed E-state index contributed by atoms with van der Waals surface area (Å²) in [6.45, 7) is 9.13. The Hall–Kier alpha value is -0.863. The van der Waals surface area contributed by atoms with Gasteiger partial charge >= 0.3 is 0 Å². The molecule has 0 radical (unpaired) electrons. The van der Waals surface area contributed by atoms with Crippen LogP contribution in [0.5, 0.6) is 0 Å². The Kier molecular flexibility index (Phi) is 3.04. The van der Waals surface area contributed by atoms with E-state index in [1.807, 2.05) is 0 Å². The van der Waals surface area contributed by atoms with E-state index in [0.717, 1.165) is 0 Å². The lowest BCUT2D eigenvalue weighted by molar-refractivity contribution is 0.394. The zero-order valence-electron chi connectivity index (χ0n) is 10.5. The Balaban J connectivity index is 1.97. The van der Waals surface area contributed by atoms with Gasteiger partial charge in [0.1, 0.15) is 12.2 Å². The summed E-state index contributed by atoms with van der Waals surface area (Å²) in [6.07, 6.45) is 2.86. The summed E-state index contributed by atoms with van der Waals surface area (Å²) in [7, 11) is -1.08. The molecule has 16 heavy (non-hydrogen) atoms. The van der Waals surface area contributed by atoms with Crippen molar-refractivity contribution in [1.29, 1.82) is 0 Å². The second kappa shape index (κ2) is 4.19. The van der Waals surface area contributed by atoms with Gasteiger partial charge in [-0.2, -0.15) is 0 Å². The van der Waals surface area contributed by atoms with Crippen LogP contribution in [0.3, 0.4) is 0 Å². The Labute approximate surface area is 99.2 Å². The maximum atomic E-state index is 5.67. The number of epoxide rings is 1. The minimum Gasteiger partial charge on any atom is -0.360 e. The smallest absolute Gasteiger partial charge is 0.113 e. The molecule has 0 N–H and O–H groups in total. The molecule has 0 spiro atoms. The van der Waals surface area contributed by atoms with Gasteiger partial charge < -0.3 is 4.74 Å². The lowest BCUT2D eigenvalue weighted by Gasteiger charge is -2.07. The van der Waals surface area contributed by atoms with Crippen LogP contribution < -0.4 is 0 Å². The van der Waals surface area contributed by atoms with Crippen molar-refractivity contribution < 1.29 is 4.74 Å². The van der Waals surface area contributed by atoms with Crippen molar-refractivity contribution in [2.75, 3.05) is 0 Å². The minimum absolute atomic E-state index is 0.299. The van der Waals surface area contributed by atoms with Crippen molar-refractivity contribution in [3.8, 4) is 0 Å². The second-order valence-corrected chi connectivity index (χ2v) is 10.7. The van der Waals surface area contributed by atoms with Crippen molar-refractivity contribution in [3.05, 3.63) is 47.2 Å². The highest BCUT2D eigenvalue weighted by Gasteiger charge is 2.37. The average molecular weight is 232 g/mol. The van der Waals surface area contributed by atoms with E-state index in [1.165, 1.54) is 11.1 Å². The molecule has 1 saturated heterocycles. The van der Waals surface area contributed by atoms with Gasteiger partial charge in [-0.05, 0) is 12.5 Å². The van der Waals surface area contributed by atoms with Crippen LogP contribution >= 0.6 is 0 Å². The Morgan fingerprint density at radius 3 is 2.31 bits per heavy atom. The summed E-state index contributed by atoms with van der Waals surface area (Å²) in [5.41, 5.74) is 4.97. The first-order chi connectivity index (χ1) is 7.46. The molecule has 1 aliphatic rings. The molecule has 1 fully saturated rings. The third-order valence-corrected chi connectivity index (χ3v) is 3.91. The SMILES string of the molecule is Cc1ccc([C@@H]2O[C@H]2/C=C/[Si](C)(C)C)cc1. The molecule has 0 aromatic heterocycles. The first-order valence-electron chi connectivity index (χ1n) is 5.87. The van der Waals surface area contributed by atoms with Gasteiger partial charge in [0.25, 0.3) is 0 Å². The van der Waals surface area contributed by atoms with Crippen molar-refractivity contribution in [2.45, 2.75) is 38.8 Å². The van der Waals surface area contributed by atoms with E-state index in [1.54, 1.807) is 0 Å². The number of benzene rings is 1. The number of rotatable bonds is 3. The molecule has 1 aliphatic heterocycles. The van der Waals surface area contributed by atoms with Crippen LogP contribution in [0.4, 0.5) is 0 Å². The standard InChI is InChI=1S/C14H20OSi/c1-11-5-7-12(8-6-11)14-13(15-14)9-10-16(2,3)4/h5-10,13-14H,1-4H3/b10-9+/t13-,14-/m0/s1. The summed E-state index contributed by atoms with van der Waals surface area (Å²) < 4.78 is 5.67. The van der Waals surface area contributed by atoms with E-state index in [2.05, 4.69) is 62.6 Å².